The number of aliphatic imine (C=N–C) groups is 1. The van der Waals surface area contributed by atoms with Crippen LogP contribution in [0.3, 0.4) is 0 Å². The zero-order chi connectivity index (χ0) is 16.3. The van der Waals surface area contributed by atoms with E-state index in [0.717, 1.165) is 36.9 Å². The quantitative estimate of drug-likeness (QED) is 0.395. The second-order valence-corrected chi connectivity index (χ2v) is 5.04. The molecule has 130 valence electrons. The van der Waals surface area contributed by atoms with Gasteiger partial charge in [0.2, 0.25) is 0 Å². The Labute approximate surface area is 161 Å². The van der Waals surface area contributed by atoms with E-state index in [1.165, 1.54) is 5.56 Å². The fourth-order valence-corrected chi connectivity index (χ4v) is 2.15. The number of ether oxygens (including phenoxy) is 1. The maximum atomic E-state index is 5.24. The lowest BCUT2D eigenvalue weighted by Crippen LogP contribution is -2.38. The molecule has 0 bridgehead atoms. The third-order valence-electron chi connectivity index (χ3n) is 3.31. The summed E-state index contributed by atoms with van der Waals surface area (Å²) in [5, 5.41) is 6.60. The molecule has 0 aliphatic heterocycles. The van der Waals surface area contributed by atoms with Gasteiger partial charge >= 0.3 is 0 Å². The van der Waals surface area contributed by atoms with E-state index in [2.05, 4.69) is 39.7 Å². The van der Waals surface area contributed by atoms with Gasteiger partial charge in [-0.1, -0.05) is 18.2 Å². The smallest absolute Gasteiger partial charge is 0.191 e. The van der Waals surface area contributed by atoms with Gasteiger partial charge in [-0.2, -0.15) is 0 Å². The number of hydrogen-bond donors (Lipinski definition) is 2. The normalized spacial score (nSPS) is 10.7. The third-order valence-corrected chi connectivity index (χ3v) is 3.31. The Morgan fingerprint density at radius 2 is 2.04 bits per heavy atom. The lowest BCUT2D eigenvalue weighted by atomic mass is 10.1. The van der Waals surface area contributed by atoms with Crippen molar-refractivity contribution in [3.63, 3.8) is 0 Å². The van der Waals surface area contributed by atoms with Crippen molar-refractivity contribution >= 4 is 29.9 Å². The number of halogens is 1. The summed E-state index contributed by atoms with van der Waals surface area (Å²) in [6, 6.07) is 14.0. The molecule has 0 saturated heterocycles. The monoisotopic (exact) mass is 440 g/mol. The minimum absolute atomic E-state index is 0. The number of nitrogens with one attached hydrogen (secondary N) is 2. The number of rotatable bonds is 7. The van der Waals surface area contributed by atoms with Gasteiger partial charge in [-0.05, 0) is 43.2 Å². The van der Waals surface area contributed by atoms with Crippen molar-refractivity contribution in [1.82, 2.24) is 15.6 Å². The van der Waals surface area contributed by atoms with Crippen LogP contribution in [-0.4, -0.2) is 31.1 Å². The average Bonchev–Trinajstić information content (AvgIpc) is 2.61. The fourth-order valence-electron chi connectivity index (χ4n) is 2.15. The molecule has 0 radical (unpaired) electrons. The Hall–Kier alpha value is -1.83. The first kappa shape index (κ1) is 20.2. The van der Waals surface area contributed by atoms with Gasteiger partial charge in [0.1, 0.15) is 5.75 Å². The van der Waals surface area contributed by atoms with E-state index in [-0.39, 0.29) is 24.0 Å². The molecule has 0 amide bonds. The van der Waals surface area contributed by atoms with Gasteiger partial charge < -0.3 is 15.4 Å². The highest BCUT2D eigenvalue weighted by Gasteiger charge is 2.00. The maximum absolute atomic E-state index is 5.24. The van der Waals surface area contributed by atoms with Crippen LogP contribution in [0.15, 0.2) is 53.7 Å². The summed E-state index contributed by atoms with van der Waals surface area (Å²) in [5.74, 6) is 1.69. The maximum Gasteiger partial charge on any atom is 0.191 e. The van der Waals surface area contributed by atoms with E-state index >= 15 is 0 Å². The van der Waals surface area contributed by atoms with E-state index in [0.29, 0.717) is 6.54 Å². The molecular formula is C18H25IN4O. The lowest BCUT2D eigenvalue weighted by molar-refractivity contribution is 0.414. The predicted molar refractivity (Wildman–Crippen MR) is 109 cm³/mol. The summed E-state index contributed by atoms with van der Waals surface area (Å²) in [4.78, 5) is 8.84. The largest absolute Gasteiger partial charge is 0.497 e. The molecule has 1 aromatic heterocycles. The van der Waals surface area contributed by atoms with E-state index < -0.39 is 0 Å². The topological polar surface area (TPSA) is 58.5 Å². The van der Waals surface area contributed by atoms with Crippen LogP contribution in [0.1, 0.15) is 18.2 Å². The van der Waals surface area contributed by atoms with Crippen molar-refractivity contribution in [3.8, 4) is 5.75 Å². The van der Waals surface area contributed by atoms with Gasteiger partial charge in [-0.25, -0.2) is 4.99 Å². The molecule has 0 unspecified atom stereocenters. The van der Waals surface area contributed by atoms with Gasteiger partial charge in [-0.15, -0.1) is 24.0 Å². The molecule has 2 aromatic rings. The third kappa shape index (κ3) is 7.16. The molecule has 2 rings (SSSR count). The second kappa shape index (κ2) is 11.7. The number of methoxy groups -OCH3 is 1. The molecular weight excluding hydrogens is 415 g/mol. The Morgan fingerprint density at radius 3 is 2.75 bits per heavy atom. The summed E-state index contributed by atoms with van der Waals surface area (Å²) >= 11 is 0. The summed E-state index contributed by atoms with van der Waals surface area (Å²) in [6.45, 7) is 4.25. The van der Waals surface area contributed by atoms with E-state index in [1.807, 2.05) is 30.3 Å². The van der Waals surface area contributed by atoms with Crippen LogP contribution in [0.5, 0.6) is 5.75 Å². The Kier molecular flexibility index (Phi) is 9.83. The molecule has 1 heterocycles. The standard InChI is InChI=1S/C18H24N4O.HI/c1-3-19-18(22-14-16-8-4-5-11-20-16)21-12-10-15-7-6-9-17(13-15)23-2;/h4-9,11,13H,3,10,12,14H2,1-2H3,(H2,19,21,22);1H. The highest BCUT2D eigenvalue weighted by molar-refractivity contribution is 14.0. The highest BCUT2D eigenvalue weighted by Crippen LogP contribution is 2.12. The Morgan fingerprint density at radius 1 is 1.17 bits per heavy atom. The van der Waals surface area contributed by atoms with Crippen LogP contribution in [-0.2, 0) is 13.0 Å². The minimum Gasteiger partial charge on any atom is -0.497 e. The molecule has 0 aliphatic carbocycles. The number of hydrogen-bond acceptors (Lipinski definition) is 3. The zero-order valence-corrected chi connectivity index (χ0v) is 16.5. The van der Waals surface area contributed by atoms with Crippen LogP contribution >= 0.6 is 24.0 Å². The SMILES string of the molecule is CCNC(=NCc1ccccn1)NCCc1cccc(OC)c1.I. The first-order valence-corrected chi connectivity index (χ1v) is 7.87. The number of aromatic nitrogens is 1. The van der Waals surface area contributed by atoms with Crippen molar-refractivity contribution < 1.29 is 4.74 Å². The molecule has 0 aliphatic rings. The lowest BCUT2D eigenvalue weighted by Gasteiger charge is -2.11. The molecule has 0 atom stereocenters. The first-order valence-electron chi connectivity index (χ1n) is 7.87. The molecule has 0 saturated carbocycles. The van der Waals surface area contributed by atoms with E-state index in [9.17, 15) is 0 Å². The number of pyridine rings is 1. The van der Waals surface area contributed by atoms with Crippen LogP contribution in [0.25, 0.3) is 0 Å². The number of guanidine groups is 1. The average molecular weight is 440 g/mol. The molecule has 2 N–H and O–H groups in total. The van der Waals surface area contributed by atoms with Crippen molar-refractivity contribution in [2.24, 2.45) is 4.99 Å². The summed E-state index contributed by atoms with van der Waals surface area (Å²) < 4.78 is 5.24. The van der Waals surface area contributed by atoms with Crippen molar-refractivity contribution in [1.29, 1.82) is 0 Å². The minimum atomic E-state index is 0. The van der Waals surface area contributed by atoms with Crippen molar-refractivity contribution in [2.75, 3.05) is 20.2 Å². The van der Waals surface area contributed by atoms with Crippen LogP contribution in [0, 0.1) is 0 Å². The van der Waals surface area contributed by atoms with Gasteiger partial charge in [0, 0.05) is 19.3 Å². The summed E-state index contributed by atoms with van der Waals surface area (Å²) in [5.41, 5.74) is 2.19. The van der Waals surface area contributed by atoms with Crippen molar-refractivity contribution in [2.45, 2.75) is 19.9 Å². The number of benzene rings is 1. The van der Waals surface area contributed by atoms with Crippen molar-refractivity contribution in [3.05, 3.63) is 59.9 Å². The van der Waals surface area contributed by atoms with Gasteiger partial charge in [0.05, 0.1) is 19.3 Å². The number of nitrogens with zero attached hydrogens (tertiary/aromatic N) is 2. The molecule has 5 nitrogen and oxygen atoms in total. The Balaban J connectivity index is 0.00000288. The molecule has 0 spiro atoms. The second-order valence-electron chi connectivity index (χ2n) is 5.04. The first-order chi connectivity index (χ1) is 11.3. The fraction of sp³-hybridized carbons (Fsp3) is 0.333. The van der Waals surface area contributed by atoms with Crippen LogP contribution < -0.4 is 15.4 Å². The van der Waals surface area contributed by atoms with Gasteiger partial charge in [0.15, 0.2) is 5.96 Å². The molecule has 6 heteroatoms. The molecule has 24 heavy (non-hydrogen) atoms. The van der Waals surface area contributed by atoms with Gasteiger partial charge in [0.25, 0.3) is 0 Å². The zero-order valence-electron chi connectivity index (χ0n) is 14.2. The van der Waals surface area contributed by atoms with E-state index in [1.54, 1.807) is 13.3 Å². The molecule has 0 fully saturated rings. The van der Waals surface area contributed by atoms with Gasteiger partial charge in [-0.3, -0.25) is 4.98 Å². The summed E-state index contributed by atoms with van der Waals surface area (Å²) in [6.07, 6.45) is 2.69. The predicted octanol–water partition coefficient (Wildman–Crippen LogP) is 3.01. The van der Waals surface area contributed by atoms with Crippen LogP contribution in [0.2, 0.25) is 0 Å². The molecule has 1 aromatic carbocycles. The summed E-state index contributed by atoms with van der Waals surface area (Å²) in [7, 11) is 1.69. The highest BCUT2D eigenvalue weighted by atomic mass is 127. The van der Waals surface area contributed by atoms with Crippen LogP contribution in [0.4, 0.5) is 0 Å². The van der Waals surface area contributed by atoms with E-state index in [4.69, 9.17) is 4.74 Å². The Bertz CT molecular complexity index is 619.